The summed E-state index contributed by atoms with van der Waals surface area (Å²) in [6.45, 7) is 4.07. The fraction of sp³-hybridized carbons (Fsp3) is 0.250. The quantitative estimate of drug-likeness (QED) is 0.670. The molecule has 0 radical (unpaired) electrons. The third-order valence-corrected chi connectivity index (χ3v) is 5.05. The van der Waals surface area contributed by atoms with E-state index < -0.39 is 6.23 Å². The van der Waals surface area contributed by atoms with E-state index in [1.165, 1.54) is 11.8 Å². The summed E-state index contributed by atoms with van der Waals surface area (Å²) in [5.74, 6) is 2.20. The fourth-order valence-corrected chi connectivity index (χ4v) is 3.56. The number of methoxy groups -OCH3 is 1. The molecule has 27 heavy (non-hydrogen) atoms. The predicted octanol–water partition coefficient (Wildman–Crippen LogP) is 4.47. The molecule has 1 atom stereocenters. The third-order valence-electron chi connectivity index (χ3n) is 4.33. The lowest BCUT2D eigenvalue weighted by Crippen LogP contribution is -2.17. The lowest BCUT2D eigenvalue weighted by molar-refractivity contribution is 0.225. The average molecular weight is 380 g/mol. The molecule has 1 unspecified atom stereocenters. The Labute approximate surface area is 162 Å². The van der Waals surface area contributed by atoms with E-state index in [0.29, 0.717) is 16.7 Å². The van der Waals surface area contributed by atoms with E-state index in [2.05, 4.69) is 33.5 Å². The van der Waals surface area contributed by atoms with Crippen molar-refractivity contribution in [2.24, 2.45) is 0 Å². The molecule has 1 aromatic heterocycles. The minimum absolute atomic E-state index is 0.395. The van der Waals surface area contributed by atoms with Crippen molar-refractivity contribution in [2.75, 3.05) is 18.2 Å². The first-order chi connectivity index (χ1) is 13.2. The number of aryl methyl sites for hydroxylation is 1. The number of nitrogens with one attached hydrogen (secondary N) is 1. The Bertz CT molecular complexity index is 980. The SMILES string of the molecule is CCSc1nnc2c(n1)OC(c1ccc(OC)c(C)c1)Nc1ccccc1-2. The highest BCUT2D eigenvalue weighted by molar-refractivity contribution is 7.99. The summed E-state index contributed by atoms with van der Waals surface area (Å²) in [5.41, 5.74) is 4.53. The molecule has 1 aliphatic heterocycles. The van der Waals surface area contributed by atoms with E-state index >= 15 is 0 Å². The summed E-state index contributed by atoms with van der Waals surface area (Å²) in [5, 5.41) is 12.7. The second-order valence-corrected chi connectivity index (χ2v) is 7.33. The van der Waals surface area contributed by atoms with Crippen LogP contribution >= 0.6 is 11.8 Å². The van der Waals surface area contributed by atoms with Crippen LogP contribution in [-0.2, 0) is 0 Å². The van der Waals surface area contributed by atoms with Gasteiger partial charge < -0.3 is 14.8 Å². The van der Waals surface area contributed by atoms with Gasteiger partial charge in [-0.05, 0) is 42.5 Å². The molecule has 6 nitrogen and oxygen atoms in total. The molecule has 0 saturated carbocycles. The van der Waals surface area contributed by atoms with E-state index in [-0.39, 0.29) is 0 Å². The van der Waals surface area contributed by atoms with Gasteiger partial charge in [-0.1, -0.05) is 36.9 Å². The van der Waals surface area contributed by atoms with E-state index in [4.69, 9.17) is 9.47 Å². The second-order valence-electron chi connectivity index (χ2n) is 6.10. The van der Waals surface area contributed by atoms with Crippen molar-refractivity contribution < 1.29 is 9.47 Å². The van der Waals surface area contributed by atoms with E-state index in [0.717, 1.165) is 33.9 Å². The molecule has 2 aromatic carbocycles. The molecule has 7 heteroatoms. The lowest BCUT2D eigenvalue weighted by Gasteiger charge is -2.20. The molecular weight excluding hydrogens is 360 g/mol. The normalized spacial score (nSPS) is 15.0. The molecular formula is C20H20N4O2S. The predicted molar refractivity (Wildman–Crippen MR) is 106 cm³/mol. The maximum atomic E-state index is 6.26. The summed E-state index contributed by atoms with van der Waals surface area (Å²) in [6, 6.07) is 14.0. The number of hydrogen-bond acceptors (Lipinski definition) is 7. The van der Waals surface area contributed by atoms with Crippen molar-refractivity contribution in [2.45, 2.75) is 25.2 Å². The number of rotatable bonds is 4. The van der Waals surface area contributed by atoms with Gasteiger partial charge in [-0.2, -0.15) is 4.98 Å². The number of thioether (sulfide) groups is 1. The first-order valence-electron chi connectivity index (χ1n) is 8.74. The Morgan fingerprint density at radius 2 is 2.04 bits per heavy atom. The number of ether oxygens (including phenoxy) is 2. The molecule has 1 N–H and O–H groups in total. The van der Waals surface area contributed by atoms with Crippen LogP contribution in [0.25, 0.3) is 11.3 Å². The molecule has 0 amide bonds. The van der Waals surface area contributed by atoms with Crippen LogP contribution in [0, 0.1) is 6.92 Å². The lowest BCUT2D eigenvalue weighted by atomic mass is 10.1. The van der Waals surface area contributed by atoms with Gasteiger partial charge in [0.1, 0.15) is 5.75 Å². The molecule has 0 saturated heterocycles. The molecule has 2 heterocycles. The van der Waals surface area contributed by atoms with Crippen molar-refractivity contribution in [3.05, 3.63) is 53.6 Å². The van der Waals surface area contributed by atoms with Crippen molar-refractivity contribution in [3.63, 3.8) is 0 Å². The van der Waals surface area contributed by atoms with Crippen LogP contribution in [0.15, 0.2) is 47.6 Å². The zero-order valence-electron chi connectivity index (χ0n) is 15.4. The molecule has 3 aromatic rings. The first kappa shape index (κ1) is 17.6. The molecule has 138 valence electrons. The van der Waals surface area contributed by atoms with Crippen LogP contribution in [0.4, 0.5) is 5.69 Å². The van der Waals surface area contributed by atoms with Crippen LogP contribution in [0.3, 0.4) is 0 Å². The highest BCUT2D eigenvalue weighted by Crippen LogP contribution is 2.39. The van der Waals surface area contributed by atoms with Gasteiger partial charge in [-0.25, -0.2) is 0 Å². The topological polar surface area (TPSA) is 69.2 Å². The van der Waals surface area contributed by atoms with Gasteiger partial charge in [0.15, 0.2) is 11.9 Å². The van der Waals surface area contributed by atoms with Gasteiger partial charge in [-0.3, -0.25) is 0 Å². The Morgan fingerprint density at radius 3 is 2.81 bits per heavy atom. The van der Waals surface area contributed by atoms with Crippen molar-refractivity contribution in [3.8, 4) is 22.9 Å². The van der Waals surface area contributed by atoms with Crippen LogP contribution in [0.2, 0.25) is 0 Å². The van der Waals surface area contributed by atoms with Gasteiger partial charge >= 0.3 is 0 Å². The van der Waals surface area contributed by atoms with Crippen LogP contribution in [0.5, 0.6) is 11.6 Å². The molecule has 4 rings (SSSR count). The van der Waals surface area contributed by atoms with Gasteiger partial charge in [0.2, 0.25) is 11.0 Å². The summed E-state index contributed by atoms with van der Waals surface area (Å²) >= 11 is 1.54. The zero-order valence-corrected chi connectivity index (χ0v) is 16.2. The van der Waals surface area contributed by atoms with Crippen LogP contribution in [0.1, 0.15) is 24.3 Å². The summed E-state index contributed by atoms with van der Waals surface area (Å²) in [6.07, 6.45) is -0.395. The number of fused-ring (bicyclic) bond motifs is 3. The molecule has 0 spiro atoms. The number of hydrogen-bond donors (Lipinski definition) is 1. The van der Waals surface area contributed by atoms with Crippen LogP contribution in [-0.4, -0.2) is 28.0 Å². The molecule has 0 bridgehead atoms. The smallest absolute Gasteiger partial charge is 0.247 e. The standard InChI is InChI=1S/C20H20N4O2S/c1-4-27-20-22-19-17(23-24-20)14-7-5-6-8-15(14)21-18(26-19)13-9-10-16(25-3)12(2)11-13/h5-11,18,21H,4H2,1-3H3. The number of benzene rings is 2. The van der Waals surface area contributed by atoms with Crippen molar-refractivity contribution in [1.29, 1.82) is 0 Å². The number of para-hydroxylation sites is 1. The van der Waals surface area contributed by atoms with E-state index in [9.17, 15) is 0 Å². The first-order valence-corrected chi connectivity index (χ1v) is 9.72. The van der Waals surface area contributed by atoms with Gasteiger partial charge in [0.25, 0.3) is 0 Å². The summed E-state index contributed by atoms with van der Waals surface area (Å²) in [4.78, 5) is 4.60. The highest BCUT2D eigenvalue weighted by atomic mass is 32.2. The Morgan fingerprint density at radius 1 is 1.19 bits per heavy atom. The average Bonchev–Trinajstić information content (AvgIpc) is 2.84. The van der Waals surface area contributed by atoms with Crippen molar-refractivity contribution >= 4 is 17.4 Å². The monoisotopic (exact) mass is 380 g/mol. The van der Waals surface area contributed by atoms with E-state index in [1.807, 2.05) is 43.3 Å². The maximum Gasteiger partial charge on any atom is 0.247 e. The highest BCUT2D eigenvalue weighted by Gasteiger charge is 2.26. The van der Waals surface area contributed by atoms with Crippen molar-refractivity contribution in [1.82, 2.24) is 15.2 Å². The zero-order chi connectivity index (χ0) is 18.8. The minimum atomic E-state index is -0.395. The fourth-order valence-electron chi connectivity index (χ4n) is 3.05. The second kappa shape index (κ2) is 7.44. The number of nitrogens with zero attached hydrogens (tertiary/aromatic N) is 3. The summed E-state index contributed by atoms with van der Waals surface area (Å²) in [7, 11) is 1.67. The largest absolute Gasteiger partial charge is 0.496 e. The van der Waals surface area contributed by atoms with Gasteiger partial charge in [0.05, 0.1) is 7.11 Å². The van der Waals surface area contributed by atoms with Gasteiger partial charge in [0, 0.05) is 16.8 Å². The third kappa shape index (κ3) is 3.42. The summed E-state index contributed by atoms with van der Waals surface area (Å²) < 4.78 is 11.6. The molecule has 0 aliphatic carbocycles. The van der Waals surface area contributed by atoms with Crippen LogP contribution < -0.4 is 14.8 Å². The van der Waals surface area contributed by atoms with Gasteiger partial charge in [-0.15, -0.1) is 10.2 Å². The minimum Gasteiger partial charge on any atom is -0.496 e. The molecule has 1 aliphatic rings. The molecule has 0 fully saturated rings. The van der Waals surface area contributed by atoms with E-state index in [1.54, 1.807) is 7.11 Å². The Balaban J connectivity index is 1.80. The number of aromatic nitrogens is 3. The number of anilines is 1. The maximum absolute atomic E-state index is 6.26. The Hall–Kier alpha value is -2.80. The Kier molecular flexibility index (Phi) is 4.85.